The van der Waals surface area contributed by atoms with Gasteiger partial charge < -0.3 is 15.8 Å². The Kier molecular flexibility index (Phi) is 6.70. The van der Waals surface area contributed by atoms with E-state index in [1.165, 1.54) is 0 Å². The van der Waals surface area contributed by atoms with E-state index in [4.69, 9.17) is 10.5 Å². The summed E-state index contributed by atoms with van der Waals surface area (Å²) in [5.41, 5.74) is 5.37. The Balaban J connectivity index is 3.24. The molecule has 0 saturated carbocycles. The molecule has 1 atom stereocenters. The zero-order valence-corrected chi connectivity index (χ0v) is 7.80. The number of carbonyl (C=O) groups excluding carboxylic acids is 1. The van der Waals surface area contributed by atoms with E-state index in [0.29, 0.717) is 26.1 Å². The van der Waals surface area contributed by atoms with E-state index >= 15 is 0 Å². The minimum atomic E-state index is -0.158. The summed E-state index contributed by atoms with van der Waals surface area (Å²) in [4.78, 5) is 10.8. The first-order valence-electron chi connectivity index (χ1n) is 4.29. The topological polar surface area (TPSA) is 64.3 Å². The number of hydrogen-bond donors (Lipinski definition) is 2. The molecule has 0 aliphatic carbocycles. The molecular weight excluding hydrogens is 156 g/mol. The molecule has 0 spiro atoms. The number of nitrogens with two attached hydrogens (primary N) is 1. The summed E-state index contributed by atoms with van der Waals surface area (Å²) in [5.74, 6) is -0.158. The van der Waals surface area contributed by atoms with Gasteiger partial charge in [-0.3, -0.25) is 4.79 Å². The van der Waals surface area contributed by atoms with Crippen molar-refractivity contribution in [3.8, 4) is 0 Å². The average Bonchev–Trinajstić information content (AvgIpc) is 2.04. The third-order valence-corrected chi connectivity index (χ3v) is 1.48. The molecule has 3 N–H and O–H groups in total. The quantitative estimate of drug-likeness (QED) is 0.551. The molecule has 0 aromatic rings. The Morgan fingerprint density at radius 3 is 2.83 bits per heavy atom. The summed E-state index contributed by atoms with van der Waals surface area (Å²) in [6, 6.07) is 0.263. The van der Waals surface area contributed by atoms with Gasteiger partial charge in [0.25, 0.3) is 0 Å². The standard InChI is InChI=1S/C8H18N2O2/c1-3-12-8(11)4-5-10-7(2)6-9/h7,10H,3-6,9H2,1-2H3. The maximum Gasteiger partial charge on any atom is 0.307 e. The fourth-order valence-electron chi connectivity index (χ4n) is 0.737. The molecule has 1 unspecified atom stereocenters. The number of hydrogen-bond acceptors (Lipinski definition) is 4. The first-order valence-corrected chi connectivity index (χ1v) is 4.29. The molecule has 0 radical (unpaired) electrons. The minimum Gasteiger partial charge on any atom is -0.466 e. The second-order valence-electron chi connectivity index (χ2n) is 2.65. The molecule has 4 nitrogen and oxygen atoms in total. The van der Waals surface area contributed by atoms with Crippen molar-refractivity contribution in [2.24, 2.45) is 5.73 Å². The van der Waals surface area contributed by atoms with E-state index in [1.54, 1.807) is 6.92 Å². The van der Waals surface area contributed by atoms with Gasteiger partial charge in [0, 0.05) is 19.1 Å². The zero-order valence-electron chi connectivity index (χ0n) is 7.80. The largest absolute Gasteiger partial charge is 0.466 e. The number of rotatable bonds is 6. The lowest BCUT2D eigenvalue weighted by Gasteiger charge is -2.09. The van der Waals surface area contributed by atoms with E-state index in [1.807, 2.05) is 6.92 Å². The van der Waals surface area contributed by atoms with Gasteiger partial charge in [-0.05, 0) is 13.8 Å². The molecule has 0 aromatic heterocycles. The highest BCUT2D eigenvalue weighted by Crippen LogP contribution is 1.85. The van der Waals surface area contributed by atoms with Crippen molar-refractivity contribution < 1.29 is 9.53 Å². The SMILES string of the molecule is CCOC(=O)CCNC(C)CN. The van der Waals surface area contributed by atoms with Crippen LogP contribution in [-0.4, -0.2) is 31.7 Å². The first kappa shape index (κ1) is 11.4. The van der Waals surface area contributed by atoms with Crippen molar-refractivity contribution in [1.82, 2.24) is 5.32 Å². The number of carbonyl (C=O) groups is 1. The molecule has 0 bridgehead atoms. The predicted octanol–water partition coefficient (Wildman–Crippen LogP) is -0.124. The van der Waals surface area contributed by atoms with Crippen molar-refractivity contribution in [2.75, 3.05) is 19.7 Å². The molecule has 0 amide bonds. The van der Waals surface area contributed by atoms with Crippen LogP contribution in [0.3, 0.4) is 0 Å². The van der Waals surface area contributed by atoms with E-state index in [9.17, 15) is 4.79 Å². The van der Waals surface area contributed by atoms with E-state index < -0.39 is 0 Å². The summed E-state index contributed by atoms with van der Waals surface area (Å²) in [7, 11) is 0. The van der Waals surface area contributed by atoms with E-state index in [0.717, 1.165) is 0 Å². The first-order chi connectivity index (χ1) is 5.70. The summed E-state index contributed by atoms with van der Waals surface area (Å²) in [5, 5.41) is 3.10. The molecule has 12 heavy (non-hydrogen) atoms. The maximum atomic E-state index is 10.8. The van der Waals surface area contributed by atoms with Crippen LogP contribution in [0.1, 0.15) is 20.3 Å². The van der Waals surface area contributed by atoms with Crippen molar-refractivity contribution in [3.05, 3.63) is 0 Å². The van der Waals surface area contributed by atoms with Crippen LogP contribution in [-0.2, 0) is 9.53 Å². The number of nitrogens with one attached hydrogen (secondary N) is 1. The Bertz CT molecular complexity index is 128. The Morgan fingerprint density at radius 2 is 2.33 bits per heavy atom. The fraction of sp³-hybridized carbons (Fsp3) is 0.875. The molecule has 0 rings (SSSR count). The van der Waals surface area contributed by atoms with Crippen LogP contribution >= 0.6 is 0 Å². The maximum absolute atomic E-state index is 10.8. The highest BCUT2D eigenvalue weighted by molar-refractivity contribution is 5.69. The second kappa shape index (κ2) is 7.06. The van der Waals surface area contributed by atoms with Gasteiger partial charge in [0.15, 0.2) is 0 Å². The van der Waals surface area contributed by atoms with Crippen LogP contribution in [0, 0.1) is 0 Å². The molecule has 72 valence electrons. The molecule has 0 aliphatic rings. The number of ether oxygens (including phenoxy) is 1. The molecule has 0 saturated heterocycles. The van der Waals surface area contributed by atoms with Gasteiger partial charge in [0.1, 0.15) is 0 Å². The summed E-state index contributed by atoms with van der Waals surface area (Å²) in [6.07, 6.45) is 0.415. The smallest absolute Gasteiger partial charge is 0.307 e. The van der Waals surface area contributed by atoms with Gasteiger partial charge >= 0.3 is 5.97 Å². The van der Waals surface area contributed by atoms with Crippen molar-refractivity contribution in [2.45, 2.75) is 26.3 Å². The van der Waals surface area contributed by atoms with Crippen molar-refractivity contribution in [1.29, 1.82) is 0 Å². The predicted molar refractivity (Wildman–Crippen MR) is 47.8 cm³/mol. The summed E-state index contributed by atoms with van der Waals surface area (Å²) >= 11 is 0. The lowest BCUT2D eigenvalue weighted by molar-refractivity contribution is -0.142. The van der Waals surface area contributed by atoms with Crippen LogP contribution in [0.2, 0.25) is 0 Å². The van der Waals surface area contributed by atoms with Crippen LogP contribution in [0.25, 0.3) is 0 Å². The highest BCUT2D eigenvalue weighted by Gasteiger charge is 2.02. The van der Waals surface area contributed by atoms with Gasteiger partial charge in [-0.25, -0.2) is 0 Å². The van der Waals surface area contributed by atoms with Crippen molar-refractivity contribution >= 4 is 5.97 Å². The van der Waals surface area contributed by atoms with Gasteiger partial charge in [-0.2, -0.15) is 0 Å². The summed E-state index contributed by atoms with van der Waals surface area (Å²) in [6.45, 7) is 5.45. The zero-order chi connectivity index (χ0) is 9.40. The normalized spacial score (nSPS) is 12.6. The van der Waals surface area contributed by atoms with E-state index in [2.05, 4.69) is 5.32 Å². The fourth-order valence-corrected chi connectivity index (χ4v) is 0.737. The van der Waals surface area contributed by atoms with Gasteiger partial charge in [0.05, 0.1) is 13.0 Å². The van der Waals surface area contributed by atoms with Crippen LogP contribution in [0.5, 0.6) is 0 Å². The summed E-state index contributed by atoms with van der Waals surface area (Å²) < 4.78 is 4.75. The van der Waals surface area contributed by atoms with E-state index in [-0.39, 0.29) is 12.0 Å². The average molecular weight is 174 g/mol. The molecule has 0 heterocycles. The Labute approximate surface area is 73.5 Å². The van der Waals surface area contributed by atoms with Gasteiger partial charge in [-0.15, -0.1) is 0 Å². The third kappa shape index (κ3) is 6.12. The monoisotopic (exact) mass is 174 g/mol. The Hall–Kier alpha value is -0.610. The minimum absolute atomic E-state index is 0.158. The molecule has 0 aromatic carbocycles. The molecule has 4 heteroatoms. The van der Waals surface area contributed by atoms with Crippen LogP contribution < -0.4 is 11.1 Å². The number of esters is 1. The van der Waals surface area contributed by atoms with Gasteiger partial charge in [0.2, 0.25) is 0 Å². The molecule has 0 fully saturated rings. The highest BCUT2D eigenvalue weighted by atomic mass is 16.5. The molecular formula is C8H18N2O2. The van der Waals surface area contributed by atoms with Gasteiger partial charge in [-0.1, -0.05) is 0 Å². The Morgan fingerprint density at radius 1 is 1.67 bits per heavy atom. The lowest BCUT2D eigenvalue weighted by atomic mass is 10.3. The lowest BCUT2D eigenvalue weighted by Crippen LogP contribution is -2.34. The van der Waals surface area contributed by atoms with Crippen LogP contribution in [0.4, 0.5) is 0 Å². The van der Waals surface area contributed by atoms with Crippen molar-refractivity contribution in [3.63, 3.8) is 0 Å². The molecule has 0 aliphatic heterocycles. The second-order valence-corrected chi connectivity index (χ2v) is 2.65. The third-order valence-electron chi connectivity index (χ3n) is 1.48. The van der Waals surface area contributed by atoms with Crippen LogP contribution in [0.15, 0.2) is 0 Å².